The minimum Gasteiger partial charge on any atom is -0.429 e. The van der Waals surface area contributed by atoms with E-state index in [1.54, 1.807) is 7.48 Å². The molecule has 0 bridgehead atoms. The molecule has 3 atom stereocenters. The molecule has 1 radical (unpaired) electrons. The molecular formula is C23H38BN2O3. The molecule has 0 aliphatic carbocycles. The predicted molar refractivity (Wildman–Crippen MR) is 120 cm³/mol. The van der Waals surface area contributed by atoms with Gasteiger partial charge >= 0.3 is 0 Å². The number of carbonyl (C=O) groups excluding carboxylic acids is 2. The molecule has 0 aliphatic rings. The van der Waals surface area contributed by atoms with E-state index in [2.05, 4.69) is 12.2 Å². The Hall–Kier alpha value is -1.50. The Balaban J connectivity index is 2.80. The maximum Gasteiger partial charge on any atom is 0.294 e. The number of unbranched alkanes of at least 4 members (excludes halogenated alkanes) is 1. The number of hydrogen-bond donors (Lipinski definition) is 2. The second-order valence-corrected chi connectivity index (χ2v) is 7.64. The molecule has 0 fully saturated rings. The zero-order chi connectivity index (χ0) is 21.6. The summed E-state index contributed by atoms with van der Waals surface area (Å²) >= 11 is 0. The van der Waals surface area contributed by atoms with E-state index in [1.807, 2.05) is 45.0 Å². The summed E-state index contributed by atoms with van der Waals surface area (Å²) in [5.41, 5.74) is 7.35. The van der Waals surface area contributed by atoms with Crippen LogP contribution >= 0.6 is 0 Å². The first-order valence-electron chi connectivity index (χ1n) is 11.0. The van der Waals surface area contributed by atoms with E-state index in [0.29, 0.717) is 24.7 Å². The molecule has 0 saturated carbocycles. The summed E-state index contributed by atoms with van der Waals surface area (Å²) in [7, 11) is 1.61. The van der Waals surface area contributed by atoms with Gasteiger partial charge in [0.2, 0.25) is 0 Å². The van der Waals surface area contributed by atoms with Gasteiger partial charge in [-0.05, 0) is 44.5 Å². The molecule has 0 heterocycles. The van der Waals surface area contributed by atoms with Crippen LogP contribution in [0.5, 0.6) is 0 Å². The van der Waals surface area contributed by atoms with Gasteiger partial charge in [0.25, 0.3) is 7.48 Å². The van der Waals surface area contributed by atoms with Gasteiger partial charge in [-0.15, -0.1) is 0 Å². The van der Waals surface area contributed by atoms with Gasteiger partial charge in [0.05, 0.1) is 12.8 Å². The third kappa shape index (κ3) is 8.81. The Morgan fingerprint density at radius 2 is 1.83 bits per heavy atom. The van der Waals surface area contributed by atoms with E-state index in [9.17, 15) is 9.59 Å². The molecule has 0 aromatic heterocycles. The van der Waals surface area contributed by atoms with Crippen molar-refractivity contribution in [2.75, 3.05) is 6.73 Å². The highest BCUT2D eigenvalue weighted by molar-refractivity contribution is 6.28. The maximum atomic E-state index is 13.0. The fourth-order valence-electron chi connectivity index (χ4n) is 3.52. The number of Topliss-reactive ketones (excluding diaryl/α,β-unsaturated/α-hetero) is 2. The van der Waals surface area contributed by atoms with E-state index in [4.69, 9.17) is 10.4 Å². The Bertz CT molecular complexity index is 607. The van der Waals surface area contributed by atoms with Crippen LogP contribution in [0.3, 0.4) is 0 Å². The highest BCUT2D eigenvalue weighted by Crippen LogP contribution is 2.17. The van der Waals surface area contributed by atoms with Gasteiger partial charge in [-0.1, -0.05) is 51.5 Å². The van der Waals surface area contributed by atoms with Gasteiger partial charge in [-0.2, -0.15) is 0 Å². The monoisotopic (exact) mass is 401 g/mol. The van der Waals surface area contributed by atoms with Crippen molar-refractivity contribution < 1.29 is 14.2 Å². The van der Waals surface area contributed by atoms with Crippen molar-refractivity contribution in [3.8, 4) is 0 Å². The number of nitrogens with one attached hydrogen (secondary N) is 1. The summed E-state index contributed by atoms with van der Waals surface area (Å²) in [6.07, 6.45) is 5.84. The molecule has 0 amide bonds. The minimum absolute atomic E-state index is 0.0743. The van der Waals surface area contributed by atoms with Gasteiger partial charge in [0, 0.05) is 23.9 Å². The minimum atomic E-state index is -0.321. The Morgan fingerprint density at radius 3 is 2.38 bits per heavy atom. The third-order valence-corrected chi connectivity index (χ3v) is 5.32. The van der Waals surface area contributed by atoms with Crippen molar-refractivity contribution in [1.82, 2.24) is 5.32 Å². The largest absolute Gasteiger partial charge is 0.429 e. The average Bonchev–Trinajstić information content (AvgIpc) is 2.73. The first kappa shape index (κ1) is 25.5. The van der Waals surface area contributed by atoms with Gasteiger partial charge in [-0.25, -0.2) is 0 Å². The number of nitrogens with two attached hydrogens (primary N) is 1. The smallest absolute Gasteiger partial charge is 0.294 e. The summed E-state index contributed by atoms with van der Waals surface area (Å²) in [6, 6.07) is 7.48. The summed E-state index contributed by atoms with van der Waals surface area (Å²) in [6.45, 7) is 8.23. The molecule has 1 aromatic rings. The number of ketones is 2. The summed E-state index contributed by atoms with van der Waals surface area (Å²) in [5.74, 6) is 0.0250. The Morgan fingerprint density at radius 1 is 1.14 bits per heavy atom. The van der Waals surface area contributed by atoms with Crippen LogP contribution in [0, 0.1) is 5.92 Å². The van der Waals surface area contributed by atoms with Crippen LogP contribution in [0.1, 0.15) is 75.7 Å². The number of hydrogen-bond acceptors (Lipinski definition) is 5. The molecule has 161 valence electrons. The molecule has 5 nitrogen and oxygen atoms in total. The second kappa shape index (κ2) is 14.5. The quantitative estimate of drug-likeness (QED) is 0.190. The van der Waals surface area contributed by atoms with E-state index in [1.165, 1.54) is 5.56 Å². The summed E-state index contributed by atoms with van der Waals surface area (Å²) in [5, 5.41) is 3.40. The molecule has 3 N–H and O–H groups in total. The molecule has 0 saturated heterocycles. The van der Waals surface area contributed by atoms with Crippen molar-refractivity contribution in [2.45, 2.75) is 84.6 Å². The molecule has 1 rings (SSSR count). The first-order chi connectivity index (χ1) is 14.0. The highest BCUT2D eigenvalue weighted by atomic mass is 16.4. The lowest BCUT2D eigenvalue weighted by Gasteiger charge is -2.27. The molecule has 0 spiro atoms. The number of carbonyl (C=O) groups is 2. The standard InChI is InChI=1S/C23H38BN2O3/c1-5-8-10-18-11-13-19(14-12-18)23(28)21(7-3)26-17(4)20(15-24-29-16-25)22(27)9-6-2/h11-14,17,20-21,26H,5-10,15-16,25H2,1-4H3/t17-,20-,21?/m1/s1. The van der Waals surface area contributed by atoms with Crippen LogP contribution in [0.25, 0.3) is 0 Å². The molecule has 29 heavy (non-hydrogen) atoms. The van der Waals surface area contributed by atoms with E-state index < -0.39 is 0 Å². The predicted octanol–water partition coefficient (Wildman–Crippen LogP) is 3.92. The van der Waals surface area contributed by atoms with Gasteiger partial charge in [0.15, 0.2) is 5.78 Å². The van der Waals surface area contributed by atoms with Gasteiger partial charge < -0.3 is 15.7 Å². The molecular weight excluding hydrogens is 363 g/mol. The zero-order valence-corrected chi connectivity index (χ0v) is 18.6. The number of aryl methyl sites for hydroxylation is 1. The lowest BCUT2D eigenvalue weighted by Crippen LogP contribution is -2.47. The van der Waals surface area contributed by atoms with Crippen LogP contribution in [0.4, 0.5) is 0 Å². The first-order valence-corrected chi connectivity index (χ1v) is 11.0. The van der Waals surface area contributed by atoms with Crippen LogP contribution < -0.4 is 11.1 Å². The number of benzene rings is 1. The zero-order valence-electron chi connectivity index (χ0n) is 18.6. The van der Waals surface area contributed by atoms with Crippen molar-refractivity contribution in [2.24, 2.45) is 11.7 Å². The Kier molecular flexibility index (Phi) is 12.8. The molecule has 1 unspecified atom stereocenters. The summed E-state index contributed by atoms with van der Waals surface area (Å²) < 4.78 is 5.14. The van der Waals surface area contributed by atoms with Crippen LogP contribution in [-0.2, 0) is 15.9 Å². The third-order valence-electron chi connectivity index (χ3n) is 5.32. The fourth-order valence-corrected chi connectivity index (χ4v) is 3.52. The normalized spacial score (nSPS) is 14.2. The van der Waals surface area contributed by atoms with Crippen molar-refractivity contribution >= 4 is 19.0 Å². The van der Waals surface area contributed by atoms with Crippen molar-refractivity contribution in [3.05, 3.63) is 35.4 Å². The van der Waals surface area contributed by atoms with Crippen LogP contribution in [0.15, 0.2) is 24.3 Å². The second-order valence-electron chi connectivity index (χ2n) is 7.64. The molecule has 6 heteroatoms. The maximum absolute atomic E-state index is 13.0. The Labute approximate surface area is 177 Å². The van der Waals surface area contributed by atoms with Crippen molar-refractivity contribution in [3.63, 3.8) is 0 Å². The van der Waals surface area contributed by atoms with Gasteiger partial charge in [0.1, 0.15) is 5.78 Å². The summed E-state index contributed by atoms with van der Waals surface area (Å²) in [4.78, 5) is 25.6. The van der Waals surface area contributed by atoms with E-state index >= 15 is 0 Å². The SMILES string of the molecule is CCCCc1ccc(C(=O)C(CC)N[C@H](C)[C@@H](C[B]OCN)C(=O)CCC)cc1. The van der Waals surface area contributed by atoms with E-state index in [-0.39, 0.29) is 36.3 Å². The highest BCUT2D eigenvalue weighted by Gasteiger charge is 2.28. The van der Waals surface area contributed by atoms with Crippen LogP contribution in [0.2, 0.25) is 6.32 Å². The lowest BCUT2D eigenvalue weighted by molar-refractivity contribution is -0.123. The number of rotatable bonds is 16. The van der Waals surface area contributed by atoms with E-state index in [0.717, 1.165) is 25.7 Å². The molecule has 1 aromatic carbocycles. The average molecular weight is 401 g/mol. The lowest BCUT2D eigenvalue weighted by atomic mass is 9.77. The molecule has 0 aliphatic heterocycles. The van der Waals surface area contributed by atoms with Crippen molar-refractivity contribution in [1.29, 1.82) is 0 Å². The fraction of sp³-hybridized carbons (Fsp3) is 0.652. The van der Waals surface area contributed by atoms with Gasteiger partial charge in [-0.3, -0.25) is 9.59 Å². The topological polar surface area (TPSA) is 81.4 Å². The van der Waals surface area contributed by atoms with Crippen LogP contribution in [-0.4, -0.2) is 37.9 Å².